The maximum atomic E-state index is 9.51. The largest absolute Gasteiger partial charge is 0.508 e. The summed E-state index contributed by atoms with van der Waals surface area (Å²) < 4.78 is 0. The lowest BCUT2D eigenvalue weighted by molar-refractivity contribution is 0.265. The summed E-state index contributed by atoms with van der Waals surface area (Å²) in [5.74, 6) is 0.159. The van der Waals surface area contributed by atoms with E-state index in [2.05, 4.69) is 6.92 Å². The molecule has 0 spiro atoms. The van der Waals surface area contributed by atoms with Crippen LogP contribution in [0.25, 0.3) is 0 Å². The molecule has 0 saturated carbocycles. The maximum Gasteiger partial charge on any atom is 0.120 e. The Morgan fingerprint density at radius 1 is 1.43 bits per heavy atom. The molecule has 14 heavy (non-hydrogen) atoms. The molecule has 0 aliphatic rings. The summed E-state index contributed by atoms with van der Waals surface area (Å²) in [6, 6.07) is 4.88. The van der Waals surface area contributed by atoms with E-state index >= 15 is 0 Å². The lowest BCUT2D eigenvalue weighted by Gasteiger charge is -2.12. The standard InChI is InChI=1S/C11H17NO2/c1-2-3-8-4-5-11(14)9(6-8)10(12)7-13/h4-6,10,13-14H,2-3,7,12H2,1H3/t10-/m1/s1. The Hall–Kier alpha value is -1.06. The Morgan fingerprint density at radius 2 is 2.14 bits per heavy atom. The lowest BCUT2D eigenvalue weighted by atomic mass is 10.0. The van der Waals surface area contributed by atoms with E-state index in [1.54, 1.807) is 6.07 Å². The minimum Gasteiger partial charge on any atom is -0.508 e. The fourth-order valence-electron chi connectivity index (χ4n) is 1.44. The van der Waals surface area contributed by atoms with Crippen molar-refractivity contribution < 1.29 is 10.2 Å². The van der Waals surface area contributed by atoms with E-state index in [1.165, 1.54) is 0 Å². The number of hydrogen-bond acceptors (Lipinski definition) is 3. The molecule has 0 aromatic heterocycles. The van der Waals surface area contributed by atoms with Crippen molar-refractivity contribution in [3.05, 3.63) is 29.3 Å². The van der Waals surface area contributed by atoms with Crippen LogP contribution in [0, 0.1) is 0 Å². The SMILES string of the molecule is CCCc1ccc(O)c([C@H](N)CO)c1. The van der Waals surface area contributed by atoms with Gasteiger partial charge < -0.3 is 15.9 Å². The molecule has 3 heteroatoms. The zero-order valence-electron chi connectivity index (χ0n) is 8.40. The predicted octanol–water partition coefficient (Wildman–Crippen LogP) is 1.34. The quantitative estimate of drug-likeness (QED) is 0.679. The summed E-state index contributed by atoms with van der Waals surface area (Å²) in [5, 5.41) is 18.4. The molecule has 4 N–H and O–H groups in total. The number of aryl methyl sites for hydroxylation is 1. The molecular weight excluding hydrogens is 178 g/mol. The smallest absolute Gasteiger partial charge is 0.120 e. The number of nitrogens with two attached hydrogens (primary N) is 1. The molecule has 3 nitrogen and oxygen atoms in total. The van der Waals surface area contributed by atoms with Gasteiger partial charge >= 0.3 is 0 Å². The number of phenols is 1. The summed E-state index contributed by atoms with van der Waals surface area (Å²) in [7, 11) is 0. The fourth-order valence-corrected chi connectivity index (χ4v) is 1.44. The van der Waals surface area contributed by atoms with Gasteiger partial charge in [-0.2, -0.15) is 0 Å². The van der Waals surface area contributed by atoms with Crippen LogP contribution >= 0.6 is 0 Å². The maximum absolute atomic E-state index is 9.51. The first kappa shape index (κ1) is 11.0. The minimum atomic E-state index is -0.494. The van der Waals surface area contributed by atoms with Crippen LogP contribution in [-0.2, 0) is 6.42 Å². The Morgan fingerprint density at radius 3 is 2.71 bits per heavy atom. The van der Waals surface area contributed by atoms with Crippen LogP contribution in [0.3, 0.4) is 0 Å². The van der Waals surface area contributed by atoms with Gasteiger partial charge in [0.2, 0.25) is 0 Å². The average Bonchev–Trinajstić information content (AvgIpc) is 2.20. The van der Waals surface area contributed by atoms with Crippen LogP contribution in [0.2, 0.25) is 0 Å². The molecule has 0 radical (unpaired) electrons. The van der Waals surface area contributed by atoms with Crippen molar-refractivity contribution in [1.29, 1.82) is 0 Å². The van der Waals surface area contributed by atoms with Gasteiger partial charge in [-0.05, 0) is 18.1 Å². The molecule has 0 aliphatic heterocycles. The van der Waals surface area contributed by atoms with Crippen LogP contribution in [0.15, 0.2) is 18.2 Å². The van der Waals surface area contributed by atoms with Crippen molar-refractivity contribution in [1.82, 2.24) is 0 Å². The fraction of sp³-hybridized carbons (Fsp3) is 0.455. The molecule has 0 aliphatic carbocycles. The Bertz CT molecular complexity index is 299. The van der Waals surface area contributed by atoms with Gasteiger partial charge in [0.05, 0.1) is 12.6 Å². The second kappa shape index (κ2) is 4.98. The zero-order valence-corrected chi connectivity index (χ0v) is 8.40. The number of benzene rings is 1. The first-order valence-electron chi connectivity index (χ1n) is 4.87. The Balaban J connectivity index is 2.95. The van der Waals surface area contributed by atoms with Crippen molar-refractivity contribution in [2.24, 2.45) is 5.73 Å². The van der Waals surface area contributed by atoms with Gasteiger partial charge in [-0.25, -0.2) is 0 Å². The van der Waals surface area contributed by atoms with Gasteiger partial charge in [0.25, 0.3) is 0 Å². The van der Waals surface area contributed by atoms with E-state index in [4.69, 9.17) is 10.8 Å². The lowest BCUT2D eigenvalue weighted by Crippen LogP contribution is -2.14. The highest BCUT2D eigenvalue weighted by molar-refractivity contribution is 5.38. The first-order chi connectivity index (χ1) is 6.69. The van der Waals surface area contributed by atoms with E-state index in [1.807, 2.05) is 12.1 Å². The molecule has 0 heterocycles. The van der Waals surface area contributed by atoms with Gasteiger partial charge in [-0.3, -0.25) is 0 Å². The molecule has 0 unspecified atom stereocenters. The highest BCUT2D eigenvalue weighted by Gasteiger charge is 2.10. The van der Waals surface area contributed by atoms with Crippen molar-refractivity contribution >= 4 is 0 Å². The van der Waals surface area contributed by atoms with Gasteiger partial charge in [0.15, 0.2) is 0 Å². The Kier molecular flexibility index (Phi) is 3.92. The molecule has 0 saturated heterocycles. The summed E-state index contributed by atoms with van der Waals surface area (Å²) in [6.45, 7) is 1.95. The number of rotatable bonds is 4. The molecule has 1 atom stereocenters. The van der Waals surface area contributed by atoms with Crippen molar-refractivity contribution in [2.45, 2.75) is 25.8 Å². The van der Waals surface area contributed by atoms with Crippen molar-refractivity contribution in [2.75, 3.05) is 6.61 Å². The molecule has 78 valence electrons. The normalized spacial score (nSPS) is 12.8. The first-order valence-corrected chi connectivity index (χ1v) is 4.87. The van der Waals surface area contributed by atoms with Crippen LogP contribution < -0.4 is 5.73 Å². The number of aliphatic hydroxyl groups is 1. The van der Waals surface area contributed by atoms with E-state index in [0.717, 1.165) is 18.4 Å². The van der Waals surface area contributed by atoms with Gasteiger partial charge in [0.1, 0.15) is 5.75 Å². The summed E-state index contributed by atoms with van der Waals surface area (Å²) >= 11 is 0. The number of aliphatic hydroxyl groups excluding tert-OH is 1. The van der Waals surface area contributed by atoms with Gasteiger partial charge in [-0.1, -0.05) is 25.5 Å². The molecule has 0 amide bonds. The molecule has 1 aromatic carbocycles. The molecule has 1 rings (SSSR count). The molecule has 0 bridgehead atoms. The Labute approximate surface area is 84.2 Å². The van der Waals surface area contributed by atoms with Gasteiger partial charge in [0, 0.05) is 5.56 Å². The number of aromatic hydroxyl groups is 1. The topological polar surface area (TPSA) is 66.5 Å². The van der Waals surface area contributed by atoms with Crippen LogP contribution in [0.5, 0.6) is 5.75 Å². The monoisotopic (exact) mass is 195 g/mol. The second-order valence-corrected chi connectivity index (χ2v) is 3.43. The number of hydrogen-bond donors (Lipinski definition) is 3. The molecule has 0 fully saturated rings. The van der Waals surface area contributed by atoms with Crippen LogP contribution in [0.4, 0.5) is 0 Å². The van der Waals surface area contributed by atoms with E-state index in [9.17, 15) is 5.11 Å². The van der Waals surface area contributed by atoms with E-state index < -0.39 is 6.04 Å². The third-order valence-corrected chi connectivity index (χ3v) is 2.23. The average molecular weight is 195 g/mol. The van der Waals surface area contributed by atoms with Crippen LogP contribution in [-0.4, -0.2) is 16.8 Å². The number of phenolic OH excluding ortho intramolecular Hbond substituents is 1. The summed E-state index contributed by atoms with van der Waals surface area (Å²) in [4.78, 5) is 0. The molecular formula is C11H17NO2. The highest BCUT2D eigenvalue weighted by Crippen LogP contribution is 2.24. The van der Waals surface area contributed by atoms with E-state index in [-0.39, 0.29) is 12.4 Å². The second-order valence-electron chi connectivity index (χ2n) is 3.43. The third kappa shape index (κ3) is 2.47. The van der Waals surface area contributed by atoms with Crippen LogP contribution in [0.1, 0.15) is 30.5 Å². The zero-order chi connectivity index (χ0) is 10.6. The highest BCUT2D eigenvalue weighted by atomic mass is 16.3. The predicted molar refractivity (Wildman–Crippen MR) is 56.1 cm³/mol. The third-order valence-electron chi connectivity index (χ3n) is 2.23. The summed E-state index contributed by atoms with van der Waals surface area (Å²) in [6.07, 6.45) is 2.02. The van der Waals surface area contributed by atoms with Gasteiger partial charge in [-0.15, -0.1) is 0 Å². The molecule has 1 aromatic rings. The van der Waals surface area contributed by atoms with E-state index in [0.29, 0.717) is 5.56 Å². The van der Waals surface area contributed by atoms with Crippen molar-refractivity contribution in [3.8, 4) is 5.75 Å². The summed E-state index contributed by atoms with van der Waals surface area (Å²) in [5.41, 5.74) is 7.42. The minimum absolute atomic E-state index is 0.150. The van der Waals surface area contributed by atoms with Crippen molar-refractivity contribution in [3.63, 3.8) is 0 Å².